The van der Waals surface area contributed by atoms with E-state index in [0.717, 1.165) is 0 Å². The minimum Gasteiger partial charge on any atom is -0.497 e. The second-order valence-electron chi connectivity index (χ2n) is 6.35. The molecule has 0 bridgehead atoms. The van der Waals surface area contributed by atoms with Crippen molar-refractivity contribution >= 4 is 27.3 Å². The van der Waals surface area contributed by atoms with E-state index in [-0.39, 0.29) is 16.3 Å². The van der Waals surface area contributed by atoms with Crippen molar-refractivity contribution in [1.82, 2.24) is 0 Å². The first-order chi connectivity index (χ1) is 14.9. The predicted octanol–water partition coefficient (Wildman–Crippen LogP) is 3.77. The first-order valence-electron chi connectivity index (χ1n) is 9.17. The van der Waals surface area contributed by atoms with Crippen LogP contribution in [-0.2, 0) is 10.0 Å². The van der Waals surface area contributed by atoms with Gasteiger partial charge in [-0.3, -0.25) is 9.52 Å². The van der Waals surface area contributed by atoms with Crippen LogP contribution < -0.4 is 24.2 Å². The van der Waals surface area contributed by atoms with Gasteiger partial charge in [0.15, 0.2) is 0 Å². The maximum atomic E-state index is 13.0. The predicted molar refractivity (Wildman–Crippen MR) is 118 cm³/mol. The Kier molecular flexibility index (Phi) is 6.66. The summed E-state index contributed by atoms with van der Waals surface area (Å²) in [5, 5.41) is 2.69. The molecule has 2 N–H and O–H groups in total. The van der Waals surface area contributed by atoms with Crippen molar-refractivity contribution < 1.29 is 27.4 Å². The highest BCUT2D eigenvalue weighted by molar-refractivity contribution is 7.92. The SMILES string of the molecule is COc1ccc(NS(=O)(=O)c2ccc(OC)c(NC(=O)c3ccccc3)c2)c(OC)c1. The van der Waals surface area contributed by atoms with E-state index in [1.165, 1.54) is 45.6 Å². The van der Waals surface area contributed by atoms with Crippen LogP contribution in [0.5, 0.6) is 17.2 Å². The Morgan fingerprint density at radius 2 is 1.48 bits per heavy atom. The lowest BCUT2D eigenvalue weighted by Gasteiger charge is -2.15. The minimum atomic E-state index is -3.99. The molecule has 0 heterocycles. The number of anilines is 2. The Morgan fingerprint density at radius 1 is 0.774 bits per heavy atom. The highest BCUT2D eigenvalue weighted by Gasteiger charge is 2.20. The molecule has 9 heteroatoms. The highest BCUT2D eigenvalue weighted by atomic mass is 32.2. The van der Waals surface area contributed by atoms with Gasteiger partial charge in [-0.25, -0.2) is 8.42 Å². The summed E-state index contributed by atoms with van der Waals surface area (Å²) in [6, 6.07) is 17.5. The Morgan fingerprint density at radius 3 is 2.13 bits per heavy atom. The molecular weight excluding hydrogens is 420 g/mol. The van der Waals surface area contributed by atoms with E-state index in [2.05, 4.69) is 10.0 Å². The van der Waals surface area contributed by atoms with Crippen molar-refractivity contribution in [3.63, 3.8) is 0 Å². The van der Waals surface area contributed by atoms with Crippen molar-refractivity contribution in [1.29, 1.82) is 0 Å². The Balaban J connectivity index is 1.92. The molecule has 0 aromatic heterocycles. The van der Waals surface area contributed by atoms with Crippen molar-refractivity contribution in [2.75, 3.05) is 31.4 Å². The Hall–Kier alpha value is -3.72. The molecule has 31 heavy (non-hydrogen) atoms. The maximum absolute atomic E-state index is 13.0. The van der Waals surface area contributed by atoms with E-state index in [1.807, 2.05) is 0 Å². The van der Waals surface area contributed by atoms with Crippen molar-refractivity contribution in [3.05, 3.63) is 72.3 Å². The normalized spacial score (nSPS) is 10.8. The van der Waals surface area contributed by atoms with E-state index >= 15 is 0 Å². The number of benzene rings is 3. The van der Waals surface area contributed by atoms with Gasteiger partial charge >= 0.3 is 0 Å². The van der Waals surface area contributed by atoms with E-state index in [0.29, 0.717) is 22.8 Å². The molecule has 0 saturated carbocycles. The second kappa shape index (κ2) is 9.40. The van der Waals surface area contributed by atoms with Crippen LogP contribution in [0.4, 0.5) is 11.4 Å². The number of carbonyl (C=O) groups excluding carboxylic acids is 1. The molecule has 0 atom stereocenters. The van der Waals surface area contributed by atoms with E-state index < -0.39 is 15.9 Å². The van der Waals surface area contributed by atoms with Gasteiger partial charge in [0.1, 0.15) is 17.2 Å². The summed E-state index contributed by atoms with van der Waals surface area (Å²) in [6.45, 7) is 0. The largest absolute Gasteiger partial charge is 0.497 e. The molecule has 0 fully saturated rings. The fourth-order valence-corrected chi connectivity index (χ4v) is 3.92. The number of nitrogens with one attached hydrogen (secondary N) is 2. The zero-order valence-corrected chi connectivity index (χ0v) is 18.0. The number of hydrogen-bond donors (Lipinski definition) is 2. The zero-order chi connectivity index (χ0) is 22.4. The van der Waals surface area contributed by atoms with Gasteiger partial charge in [0.05, 0.1) is 37.6 Å². The second-order valence-corrected chi connectivity index (χ2v) is 8.04. The van der Waals surface area contributed by atoms with Gasteiger partial charge < -0.3 is 19.5 Å². The summed E-state index contributed by atoms with van der Waals surface area (Å²) in [4.78, 5) is 12.5. The third-order valence-corrected chi connectivity index (χ3v) is 5.78. The van der Waals surface area contributed by atoms with Crippen molar-refractivity contribution in [3.8, 4) is 17.2 Å². The summed E-state index contributed by atoms with van der Waals surface area (Å²) >= 11 is 0. The highest BCUT2D eigenvalue weighted by Crippen LogP contribution is 2.33. The number of amides is 1. The van der Waals surface area contributed by atoms with Gasteiger partial charge in [0.2, 0.25) is 0 Å². The minimum absolute atomic E-state index is 0.0606. The first kappa shape index (κ1) is 22.0. The van der Waals surface area contributed by atoms with E-state index in [9.17, 15) is 13.2 Å². The van der Waals surface area contributed by atoms with Crippen LogP contribution in [-0.4, -0.2) is 35.7 Å². The molecule has 0 saturated heterocycles. The lowest BCUT2D eigenvalue weighted by atomic mass is 10.2. The van der Waals surface area contributed by atoms with Crippen LogP contribution in [0.25, 0.3) is 0 Å². The Bertz CT molecular complexity index is 1180. The maximum Gasteiger partial charge on any atom is 0.262 e. The molecule has 3 aromatic carbocycles. The quantitative estimate of drug-likeness (QED) is 0.551. The molecule has 8 nitrogen and oxygen atoms in total. The number of methoxy groups -OCH3 is 3. The fraction of sp³-hybridized carbons (Fsp3) is 0.136. The molecule has 0 aliphatic heterocycles. The standard InChI is InChI=1S/C22H22N2O6S/c1-28-16-9-11-18(21(13-16)30-3)24-31(26,27)17-10-12-20(29-2)19(14-17)23-22(25)15-7-5-4-6-8-15/h4-14,24H,1-3H3,(H,23,25). The summed E-state index contributed by atoms with van der Waals surface area (Å²) in [5.74, 6) is 0.757. The van der Waals surface area contributed by atoms with E-state index in [4.69, 9.17) is 14.2 Å². The molecule has 0 unspecified atom stereocenters. The lowest BCUT2D eigenvalue weighted by Crippen LogP contribution is -2.16. The van der Waals surface area contributed by atoms with Gasteiger partial charge in [0.25, 0.3) is 15.9 Å². The van der Waals surface area contributed by atoms with Crippen LogP contribution in [0.3, 0.4) is 0 Å². The third-order valence-electron chi connectivity index (χ3n) is 4.42. The van der Waals surface area contributed by atoms with Gasteiger partial charge in [0, 0.05) is 11.6 Å². The smallest absolute Gasteiger partial charge is 0.262 e. The summed E-state index contributed by atoms with van der Waals surface area (Å²) in [7, 11) is 0.371. The van der Waals surface area contributed by atoms with Gasteiger partial charge in [-0.15, -0.1) is 0 Å². The number of rotatable bonds is 8. The molecule has 3 rings (SSSR count). The lowest BCUT2D eigenvalue weighted by molar-refractivity contribution is 0.102. The molecule has 162 valence electrons. The number of sulfonamides is 1. The zero-order valence-electron chi connectivity index (χ0n) is 17.2. The number of hydrogen-bond acceptors (Lipinski definition) is 6. The van der Waals surface area contributed by atoms with Crippen LogP contribution in [0.2, 0.25) is 0 Å². The van der Waals surface area contributed by atoms with Gasteiger partial charge in [-0.1, -0.05) is 18.2 Å². The molecule has 0 radical (unpaired) electrons. The monoisotopic (exact) mass is 442 g/mol. The third kappa shape index (κ3) is 5.07. The fourth-order valence-electron chi connectivity index (χ4n) is 2.82. The average Bonchev–Trinajstić information content (AvgIpc) is 2.79. The van der Waals surface area contributed by atoms with E-state index in [1.54, 1.807) is 42.5 Å². The average molecular weight is 442 g/mol. The summed E-state index contributed by atoms with van der Waals surface area (Å²) in [5.41, 5.74) is 0.897. The van der Waals surface area contributed by atoms with Crippen molar-refractivity contribution in [2.45, 2.75) is 4.90 Å². The molecular formula is C22H22N2O6S. The van der Waals surface area contributed by atoms with Crippen LogP contribution in [0, 0.1) is 0 Å². The molecule has 0 aliphatic rings. The van der Waals surface area contributed by atoms with Crippen LogP contribution in [0.1, 0.15) is 10.4 Å². The molecule has 1 amide bonds. The Labute approximate surface area is 180 Å². The first-order valence-corrected chi connectivity index (χ1v) is 10.7. The number of ether oxygens (including phenoxy) is 3. The topological polar surface area (TPSA) is 103 Å². The summed E-state index contributed by atoms with van der Waals surface area (Å²) < 4.78 is 44.1. The van der Waals surface area contributed by atoms with Crippen LogP contribution >= 0.6 is 0 Å². The van der Waals surface area contributed by atoms with Gasteiger partial charge in [-0.05, 0) is 42.5 Å². The summed E-state index contributed by atoms with van der Waals surface area (Å²) in [6.07, 6.45) is 0. The molecule has 0 spiro atoms. The number of carbonyl (C=O) groups is 1. The molecule has 3 aromatic rings. The van der Waals surface area contributed by atoms with Crippen LogP contribution in [0.15, 0.2) is 71.6 Å². The molecule has 0 aliphatic carbocycles. The van der Waals surface area contributed by atoms with Gasteiger partial charge in [-0.2, -0.15) is 0 Å². The van der Waals surface area contributed by atoms with Crippen molar-refractivity contribution in [2.24, 2.45) is 0 Å².